The molecule has 2 aliphatic rings. The number of likely N-dealkylation sites (tertiary alicyclic amines) is 1. The van der Waals surface area contributed by atoms with Crippen LogP contribution in [0, 0.1) is 11.3 Å². The fraction of sp³-hybridized carbons (Fsp3) is 1.00. The van der Waals surface area contributed by atoms with Gasteiger partial charge in [0.2, 0.25) is 0 Å². The SMILES string of the molecule is CCC(CC)(CNC1CC1)CN1CCCC(CCO)C1. The lowest BCUT2D eigenvalue weighted by Crippen LogP contribution is -2.47. The fourth-order valence-corrected chi connectivity index (χ4v) is 3.62. The van der Waals surface area contributed by atoms with Gasteiger partial charge in [-0.1, -0.05) is 13.8 Å². The van der Waals surface area contributed by atoms with Crippen molar-refractivity contribution in [3.05, 3.63) is 0 Å². The number of hydrogen-bond donors (Lipinski definition) is 2. The van der Waals surface area contributed by atoms with Crippen LogP contribution in [0.2, 0.25) is 0 Å². The molecule has 0 radical (unpaired) electrons. The lowest BCUT2D eigenvalue weighted by molar-refractivity contribution is 0.0851. The minimum atomic E-state index is 0.356. The average molecular weight is 282 g/mol. The van der Waals surface area contributed by atoms with Crippen LogP contribution in [-0.2, 0) is 0 Å². The number of nitrogens with one attached hydrogen (secondary N) is 1. The van der Waals surface area contributed by atoms with Crippen molar-refractivity contribution in [3.8, 4) is 0 Å². The van der Waals surface area contributed by atoms with Gasteiger partial charge < -0.3 is 15.3 Å². The molecule has 3 nitrogen and oxygen atoms in total. The normalized spacial score (nSPS) is 25.1. The van der Waals surface area contributed by atoms with E-state index in [2.05, 4.69) is 24.1 Å². The zero-order valence-corrected chi connectivity index (χ0v) is 13.5. The largest absolute Gasteiger partial charge is 0.396 e. The molecule has 2 fully saturated rings. The summed E-state index contributed by atoms with van der Waals surface area (Å²) in [6, 6.07) is 0.816. The lowest BCUT2D eigenvalue weighted by atomic mass is 9.80. The highest BCUT2D eigenvalue weighted by atomic mass is 16.3. The summed E-state index contributed by atoms with van der Waals surface area (Å²) in [5.41, 5.74) is 0.448. The van der Waals surface area contributed by atoms with Gasteiger partial charge in [-0.2, -0.15) is 0 Å². The molecule has 1 aliphatic heterocycles. The smallest absolute Gasteiger partial charge is 0.0434 e. The zero-order valence-electron chi connectivity index (χ0n) is 13.5. The topological polar surface area (TPSA) is 35.5 Å². The Labute approximate surface area is 125 Å². The van der Waals surface area contributed by atoms with E-state index < -0.39 is 0 Å². The number of nitrogens with zero attached hydrogens (tertiary/aromatic N) is 1. The number of aliphatic hydroxyl groups is 1. The van der Waals surface area contributed by atoms with Crippen LogP contribution in [0.5, 0.6) is 0 Å². The van der Waals surface area contributed by atoms with Gasteiger partial charge in [0.05, 0.1) is 0 Å². The molecule has 0 aromatic carbocycles. The molecule has 1 aliphatic carbocycles. The van der Waals surface area contributed by atoms with Crippen molar-refractivity contribution in [2.45, 2.75) is 64.8 Å². The second-order valence-corrected chi connectivity index (χ2v) is 7.12. The Kier molecular flexibility index (Phi) is 6.31. The van der Waals surface area contributed by atoms with Crippen molar-refractivity contribution >= 4 is 0 Å². The van der Waals surface area contributed by atoms with Gasteiger partial charge in [-0.25, -0.2) is 0 Å². The van der Waals surface area contributed by atoms with Crippen LogP contribution in [0.1, 0.15) is 58.8 Å². The third-order valence-corrected chi connectivity index (χ3v) is 5.54. The Morgan fingerprint density at radius 3 is 2.55 bits per heavy atom. The molecule has 0 amide bonds. The van der Waals surface area contributed by atoms with E-state index in [9.17, 15) is 0 Å². The van der Waals surface area contributed by atoms with Crippen molar-refractivity contribution in [1.29, 1.82) is 0 Å². The molecule has 3 heteroatoms. The molecular formula is C17H34N2O. The maximum Gasteiger partial charge on any atom is 0.0434 e. The van der Waals surface area contributed by atoms with Gasteiger partial charge in [-0.05, 0) is 62.8 Å². The van der Waals surface area contributed by atoms with Gasteiger partial charge in [0, 0.05) is 32.3 Å². The first-order valence-corrected chi connectivity index (χ1v) is 8.78. The number of rotatable bonds is 9. The van der Waals surface area contributed by atoms with Gasteiger partial charge >= 0.3 is 0 Å². The van der Waals surface area contributed by atoms with Crippen molar-refractivity contribution in [1.82, 2.24) is 10.2 Å². The lowest BCUT2D eigenvalue weighted by Gasteiger charge is -2.41. The van der Waals surface area contributed by atoms with E-state index in [1.165, 1.54) is 64.7 Å². The summed E-state index contributed by atoms with van der Waals surface area (Å²) in [5, 5.41) is 12.9. The first kappa shape index (κ1) is 16.3. The number of hydrogen-bond acceptors (Lipinski definition) is 3. The van der Waals surface area contributed by atoms with E-state index in [0.29, 0.717) is 12.0 Å². The fourth-order valence-electron chi connectivity index (χ4n) is 3.62. The molecule has 0 aromatic rings. The zero-order chi connectivity index (χ0) is 14.4. The molecule has 0 aromatic heterocycles. The van der Waals surface area contributed by atoms with Crippen LogP contribution in [0.3, 0.4) is 0 Å². The molecule has 0 spiro atoms. The molecule has 1 unspecified atom stereocenters. The van der Waals surface area contributed by atoms with Crippen LogP contribution in [0.15, 0.2) is 0 Å². The van der Waals surface area contributed by atoms with Crippen molar-refractivity contribution in [3.63, 3.8) is 0 Å². The summed E-state index contributed by atoms with van der Waals surface area (Å²) in [4.78, 5) is 2.67. The van der Waals surface area contributed by atoms with Crippen LogP contribution >= 0.6 is 0 Å². The minimum Gasteiger partial charge on any atom is -0.396 e. The summed E-state index contributed by atoms with van der Waals surface area (Å²) in [5.74, 6) is 0.719. The van der Waals surface area contributed by atoms with Gasteiger partial charge in [0.15, 0.2) is 0 Å². The molecular weight excluding hydrogens is 248 g/mol. The van der Waals surface area contributed by atoms with Crippen molar-refractivity contribution in [2.24, 2.45) is 11.3 Å². The second-order valence-electron chi connectivity index (χ2n) is 7.12. The van der Waals surface area contributed by atoms with Gasteiger partial charge in [-0.15, -0.1) is 0 Å². The minimum absolute atomic E-state index is 0.356. The highest BCUT2D eigenvalue weighted by Crippen LogP contribution is 2.31. The summed E-state index contributed by atoms with van der Waals surface area (Å²) < 4.78 is 0. The highest BCUT2D eigenvalue weighted by Gasteiger charge is 2.33. The Morgan fingerprint density at radius 2 is 1.95 bits per heavy atom. The van der Waals surface area contributed by atoms with Gasteiger partial charge in [0.25, 0.3) is 0 Å². The van der Waals surface area contributed by atoms with E-state index in [1.807, 2.05) is 0 Å². The van der Waals surface area contributed by atoms with Gasteiger partial charge in [-0.3, -0.25) is 0 Å². The molecule has 118 valence electrons. The quantitative estimate of drug-likeness (QED) is 0.682. The molecule has 2 N–H and O–H groups in total. The third-order valence-electron chi connectivity index (χ3n) is 5.54. The predicted molar refractivity (Wildman–Crippen MR) is 84.9 cm³/mol. The van der Waals surface area contributed by atoms with E-state index in [-0.39, 0.29) is 0 Å². The first-order valence-electron chi connectivity index (χ1n) is 8.78. The van der Waals surface area contributed by atoms with Crippen LogP contribution < -0.4 is 5.32 Å². The molecule has 2 rings (SSSR count). The maximum absolute atomic E-state index is 9.15. The predicted octanol–water partition coefficient (Wildman–Crippen LogP) is 2.64. The molecule has 1 atom stereocenters. The summed E-state index contributed by atoms with van der Waals surface area (Å²) in [6.07, 6.45) is 8.90. The van der Waals surface area contributed by atoms with E-state index in [0.717, 1.165) is 18.4 Å². The Balaban J connectivity index is 1.85. The van der Waals surface area contributed by atoms with E-state index in [1.54, 1.807) is 0 Å². The highest BCUT2D eigenvalue weighted by molar-refractivity contribution is 4.89. The first-order chi connectivity index (χ1) is 9.71. The van der Waals surface area contributed by atoms with Gasteiger partial charge in [0.1, 0.15) is 0 Å². The second kappa shape index (κ2) is 7.77. The maximum atomic E-state index is 9.15. The molecule has 1 heterocycles. The molecule has 1 saturated carbocycles. The summed E-state index contributed by atoms with van der Waals surface area (Å²) in [7, 11) is 0. The molecule has 20 heavy (non-hydrogen) atoms. The van der Waals surface area contributed by atoms with Crippen LogP contribution in [-0.4, -0.2) is 48.8 Å². The Bertz CT molecular complexity index is 272. The summed E-state index contributed by atoms with van der Waals surface area (Å²) >= 11 is 0. The average Bonchev–Trinajstić information content (AvgIpc) is 3.29. The standard InChI is InChI=1S/C17H34N2O/c1-3-17(4-2,13-18-16-7-8-16)14-19-10-5-6-15(12-19)9-11-20/h15-16,18,20H,3-14H2,1-2H3. The third kappa shape index (κ3) is 4.71. The van der Waals surface area contributed by atoms with E-state index >= 15 is 0 Å². The Hall–Kier alpha value is -0.120. The summed E-state index contributed by atoms with van der Waals surface area (Å²) in [6.45, 7) is 9.95. The molecule has 1 saturated heterocycles. The molecule has 0 bridgehead atoms. The number of piperidine rings is 1. The van der Waals surface area contributed by atoms with Crippen LogP contribution in [0.25, 0.3) is 0 Å². The Morgan fingerprint density at radius 1 is 1.20 bits per heavy atom. The monoisotopic (exact) mass is 282 g/mol. The number of aliphatic hydroxyl groups excluding tert-OH is 1. The van der Waals surface area contributed by atoms with E-state index in [4.69, 9.17) is 5.11 Å². The van der Waals surface area contributed by atoms with Crippen molar-refractivity contribution in [2.75, 3.05) is 32.8 Å². The van der Waals surface area contributed by atoms with Crippen molar-refractivity contribution < 1.29 is 5.11 Å². The van der Waals surface area contributed by atoms with Crippen LogP contribution in [0.4, 0.5) is 0 Å².